The number of amides is 1. The molecular weight excluding hydrogens is 324 g/mol. The van der Waals surface area contributed by atoms with Gasteiger partial charge in [0.1, 0.15) is 0 Å². The smallest absolute Gasteiger partial charge is 0.249 e. The van der Waals surface area contributed by atoms with Crippen molar-refractivity contribution < 1.29 is 13.2 Å². The SMILES string of the molecule is CNS(=O)(=O)CCc1ccc(C(N)=O)c(C2=CCC(C)(C)CC2)c1. The fourth-order valence-electron chi connectivity index (χ4n) is 2.90. The molecule has 24 heavy (non-hydrogen) atoms. The monoisotopic (exact) mass is 350 g/mol. The third kappa shape index (κ3) is 4.68. The number of nitrogens with two attached hydrogens (primary N) is 1. The van der Waals surface area contributed by atoms with Crippen LogP contribution in [0.1, 0.15) is 54.6 Å². The summed E-state index contributed by atoms with van der Waals surface area (Å²) in [6.07, 6.45) is 5.48. The molecule has 132 valence electrons. The maximum absolute atomic E-state index is 11.8. The summed E-state index contributed by atoms with van der Waals surface area (Å²) in [5.74, 6) is -0.435. The van der Waals surface area contributed by atoms with Gasteiger partial charge < -0.3 is 5.73 Å². The second kappa shape index (κ2) is 7.07. The number of hydrogen-bond acceptors (Lipinski definition) is 3. The summed E-state index contributed by atoms with van der Waals surface area (Å²) in [5, 5.41) is 0. The number of nitrogens with one attached hydrogen (secondary N) is 1. The summed E-state index contributed by atoms with van der Waals surface area (Å²) in [6.45, 7) is 4.46. The summed E-state index contributed by atoms with van der Waals surface area (Å²) >= 11 is 0. The van der Waals surface area contributed by atoms with Gasteiger partial charge in [0.25, 0.3) is 0 Å². The molecule has 1 aromatic rings. The zero-order chi connectivity index (χ0) is 18.0. The Morgan fingerprint density at radius 1 is 1.33 bits per heavy atom. The molecule has 5 nitrogen and oxygen atoms in total. The molecule has 1 amide bonds. The molecule has 3 N–H and O–H groups in total. The van der Waals surface area contributed by atoms with E-state index in [1.54, 1.807) is 12.1 Å². The Balaban J connectivity index is 2.33. The lowest BCUT2D eigenvalue weighted by atomic mass is 9.76. The van der Waals surface area contributed by atoms with Crippen LogP contribution in [0, 0.1) is 5.41 Å². The van der Waals surface area contributed by atoms with E-state index in [-0.39, 0.29) is 11.2 Å². The lowest BCUT2D eigenvalue weighted by molar-refractivity contribution is 0.1000. The van der Waals surface area contributed by atoms with Crippen LogP contribution < -0.4 is 10.5 Å². The van der Waals surface area contributed by atoms with Crippen LogP contribution in [-0.2, 0) is 16.4 Å². The molecule has 0 aliphatic heterocycles. The van der Waals surface area contributed by atoms with Crippen LogP contribution in [0.15, 0.2) is 24.3 Å². The summed E-state index contributed by atoms with van der Waals surface area (Å²) < 4.78 is 25.5. The van der Waals surface area contributed by atoms with Crippen LogP contribution in [0.4, 0.5) is 0 Å². The van der Waals surface area contributed by atoms with E-state index in [1.165, 1.54) is 7.05 Å². The maximum atomic E-state index is 11.8. The van der Waals surface area contributed by atoms with E-state index >= 15 is 0 Å². The number of allylic oxidation sites excluding steroid dienone is 2. The highest BCUT2D eigenvalue weighted by Crippen LogP contribution is 2.38. The molecule has 0 saturated carbocycles. The van der Waals surface area contributed by atoms with E-state index in [1.807, 2.05) is 6.07 Å². The van der Waals surface area contributed by atoms with E-state index < -0.39 is 15.9 Å². The largest absolute Gasteiger partial charge is 0.366 e. The van der Waals surface area contributed by atoms with Crippen molar-refractivity contribution in [1.82, 2.24) is 4.72 Å². The van der Waals surface area contributed by atoms with Gasteiger partial charge in [0.15, 0.2) is 0 Å². The molecule has 6 heteroatoms. The maximum Gasteiger partial charge on any atom is 0.249 e. The van der Waals surface area contributed by atoms with Crippen LogP contribution in [-0.4, -0.2) is 27.1 Å². The van der Waals surface area contributed by atoms with Crippen LogP contribution in [0.5, 0.6) is 0 Å². The van der Waals surface area contributed by atoms with Gasteiger partial charge in [0.2, 0.25) is 15.9 Å². The number of carbonyl (C=O) groups is 1. The van der Waals surface area contributed by atoms with Gasteiger partial charge in [-0.15, -0.1) is 0 Å². The predicted molar refractivity (Wildman–Crippen MR) is 97.1 cm³/mol. The van der Waals surface area contributed by atoms with Crippen LogP contribution in [0.25, 0.3) is 5.57 Å². The third-order valence-corrected chi connectivity index (χ3v) is 6.00. The van der Waals surface area contributed by atoms with Gasteiger partial charge in [0, 0.05) is 5.56 Å². The Morgan fingerprint density at radius 3 is 2.58 bits per heavy atom. The summed E-state index contributed by atoms with van der Waals surface area (Å²) in [6, 6.07) is 5.40. The number of primary amides is 1. The molecule has 0 radical (unpaired) electrons. The molecule has 0 heterocycles. The van der Waals surface area contributed by atoms with Gasteiger partial charge in [0.05, 0.1) is 5.75 Å². The molecule has 0 aromatic heterocycles. The van der Waals surface area contributed by atoms with Crippen molar-refractivity contribution in [1.29, 1.82) is 0 Å². The summed E-state index contributed by atoms with van der Waals surface area (Å²) in [7, 11) is -1.85. The van der Waals surface area contributed by atoms with Crippen molar-refractivity contribution in [3.8, 4) is 0 Å². The lowest BCUT2D eigenvalue weighted by Gasteiger charge is -2.29. The zero-order valence-electron chi connectivity index (χ0n) is 14.6. The Bertz CT molecular complexity index is 764. The van der Waals surface area contributed by atoms with E-state index in [4.69, 9.17) is 5.73 Å². The fraction of sp³-hybridized carbons (Fsp3) is 0.500. The third-order valence-electron chi connectivity index (χ3n) is 4.64. The standard InChI is InChI=1S/C18H26N2O3S/c1-18(2)9-6-14(7-10-18)16-12-13(4-5-15(16)17(19)21)8-11-24(22,23)20-3/h4-6,12,20H,7-11H2,1-3H3,(H2,19,21). The lowest BCUT2D eigenvalue weighted by Crippen LogP contribution is -2.23. The second-order valence-electron chi connectivity index (χ2n) is 7.11. The number of hydrogen-bond donors (Lipinski definition) is 2. The molecular formula is C18H26N2O3S. The van der Waals surface area contributed by atoms with E-state index in [9.17, 15) is 13.2 Å². The van der Waals surface area contributed by atoms with E-state index in [2.05, 4.69) is 24.6 Å². The van der Waals surface area contributed by atoms with Crippen molar-refractivity contribution in [2.45, 2.75) is 39.5 Å². The molecule has 2 rings (SSSR count). The Kier molecular flexibility index (Phi) is 5.50. The average molecular weight is 350 g/mol. The van der Waals surface area contributed by atoms with E-state index in [0.29, 0.717) is 12.0 Å². The van der Waals surface area contributed by atoms with Crippen molar-refractivity contribution in [3.05, 3.63) is 41.0 Å². The van der Waals surface area contributed by atoms with E-state index in [0.717, 1.165) is 36.0 Å². The summed E-state index contributed by atoms with van der Waals surface area (Å²) in [4.78, 5) is 11.8. The van der Waals surface area contributed by atoms with Gasteiger partial charge in [-0.05, 0) is 60.9 Å². The number of carbonyl (C=O) groups excluding carboxylic acids is 1. The van der Waals surface area contributed by atoms with Gasteiger partial charge >= 0.3 is 0 Å². The molecule has 0 spiro atoms. The number of sulfonamides is 1. The predicted octanol–water partition coefficient (Wildman–Crippen LogP) is 2.47. The number of aryl methyl sites for hydroxylation is 1. The van der Waals surface area contributed by atoms with Crippen LogP contribution >= 0.6 is 0 Å². The Morgan fingerprint density at radius 2 is 2.04 bits per heavy atom. The quantitative estimate of drug-likeness (QED) is 0.826. The molecule has 1 aliphatic carbocycles. The topological polar surface area (TPSA) is 89.3 Å². The van der Waals surface area contributed by atoms with Crippen LogP contribution in [0.2, 0.25) is 0 Å². The first-order chi connectivity index (χ1) is 11.1. The first kappa shape index (κ1) is 18.7. The highest BCUT2D eigenvalue weighted by Gasteiger charge is 2.24. The molecule has 0 unspecified atom stereocenters. The molecule has 1 aromatic carbocycles. The molecule has 0 fully saturated rings. The van der Waals surface area contributed by atoms with Gasteiger partial charge in [-0.25, -0.2) is 13.1 Å². The highest BCUT2D eigenvalue weighted by molar-refractivity contribution is 7.89. The number of rotatable bonds is 6. The van der Waals surface area contributed by atoms with Crippen molar-refractivity contribution >= 4 is 21.5 Å². The second-order valence-corrected chi connectivity index (χ2v) is 9.16. The van der Waals surface area contributed by atoms with Crippen molar-refractivity contribution in [2.75, 3.05) is 12.8 Å². The van der Waals surface area contributed by atoms with Gasteiger partial charge in [-0.3, -0.25) is 4.79 Å². The van der Waals surface area contributed by atoms with Crippen molar-refractivity contribution in [3.63, 3.8) is 0 Å². The molecule has 1 aliphatic rings. The van der Waals surface area contributed by atoms with Crippen LogP contribution in [0.3, 0.4) is 0 Å². The first-order valence-electron chi connectivity index (χ1n) is 8.17. The minimum Gasteiger partial charge on any atom is -0.366 e. The molecule has 0 atom stereocenters. The van der Waals surface area contributed by atoms with Crippen molar-refractivity contribution in [2.24, 2.45) is 11.1 Å². The van der Waals surface area contributed by atoms with Gasteiger partial charge in [-0.1, -0.05) is 32.1 Å². The fourth-order valence-corrected chi connectivity index (χ4v) is 3.61. The molecule has 0 saturated heterocycles. The number of benzene rings is 1. The summed E-state index contributed by atoms with van der Waals surface area (Å²) in [5.41, 5.74) is 9.15. The van der Waals surface area contributed by atoms with Gasteiger partial charge in [-0.2, -0.15) is 0 Å². The Hall–Kier alpha value is -1.66. The average Bonchev–Trinajstić information content (AvgIpc) is 2.52. The minimum atomic E-state index is -3.25. The molecule has 0 bridgehead atoms. The normalized spacial score (nSPS) is 17.4. The first-order valence-corrected chi connectivity index (χ1v) is 9.82. The minimum absolute atomic E-state index is 0.0188. The zero-order valence-corrected chi connectivity index (χ0v) is 15.4. The Labute approximate surface area is 144 Å². The highest BCUT2D eigenvalue weighted by atomic mass is 32.2.